The molecule has 3 rings (SSSR count). The third-order valence-corrected chi connectivity index (χ3v) is 6.34. The lowest BCUT2D eigenvalue weighted by Crippen LogP contribution is -2.31. The van der Waals surface area contributed by atoms with E-state index in [2.05, 4.69) is 37.7 Å². The largest absolute Gasteiger partial charge is 0.345 e. The second kappa shape index (κ2) is 5.10. The number of thioether (sulfide) groups is 1. The lowest BCUT2D eigenvalue weighted by molar-refractivity contribution is 0.271. The fraction of sp³-hybridized carbons (Fsp3) is 0.765. The minimum Gasteiger partial charge on any atom is -0.345 e. The summed E-state index contributed by atoms with van der Waals surface area (Å²) in [6.07, 6.45) is 8.59. The van der Waals surface area contributed by atoms with Gasteiger partial charge >= 0.3 is 0 Å². The predicted octanol–water partition coefficient (Wildman–Crippen LogP) is 4.23. The molecule has 2 nitrogen and oxygen atoms in total. The van der Waals surface area contributed by atoms with Gasteiger partial charge in [0.15, 0.2) is 0 Å². The van der Waals surface area contributed by atoms with Crippen LogP contribution >= 0.6 is 11.8 Å². The minimum absolute atomic E-state index is 0.228. The van der Waals surface area contributed by atoms with Crippen LogP contribution in [0.1, 0.15) is 68.6 Å². The molecular weight excluding hydrogens is 264 g/mol. The molecule has 0 saturated heterocycles. The molecule has 112 valence electrons. The zero-order valence-electron chi connectivity index (χ0n) is 13.3. The summed E-state index contributed by atoms with van der Waals surface area (Å²) in [7, 11) is 0. The first-order chi connectivity index (χ1) is 9.41. The molecule has 3 atom stereocenters. The van der Waals surface area contributed by atoms with Crippen LogP contribution in [0, 0.1) is 12.3 Å². The summed E-state index contributed by atoms with van der Waals surface area (Å²) < 4.78 is 2.65. The predicted molar refractivity (Wildman–Crippen MR) is 88.4 cm³/mol. The van der Waals surface area contributed by atoms with E-state index in [1.165, 1.54) is 42.6 Å². The number of hydrogen-bond acceptors (Lipinski definition) is 2. The Morgan fingerprint density at radius 1 is 1.35 bits per heavy atom. The Balaban J connectivity index is 1.97. The van der Waals surface area contributed by atoms with Gasteiger partial charge in [0, 0.05) is 28.7 Å². The van der Waals surface area contributed by atoms with Gasteiger partial charge in [-0.3, -0.25) is 0 Å². The van der Waals surface area contributed by atoms with Gasteiger partial charge in [0.05, 0.1) is 0 Å². The van der Waals surface area contributed by atoms with Gasteiger partial charge in [-0.1, -0.05) is 13.8 Å². The SMILES string of the molecule is CSC1CCC(n2c(C)cc3c2CC(C)(C)CC3N)C1. The van der Waals surface area contributed by atoms with Crippen molar-refractivity contribution >= 4 is 11.8 Å². The van der Waals surface area contributed by atoms with Crippen LogP contribution in [0.3, 0.4) is 0 Å². The average molecular weight is 292 g/mol. The highest BCUT2D eigenvalue weighted by atomic mass is 32.2. The van der Waals surface area contributed by atoms with Crippen LogP contribution in [0.4, 0.5) is 0 Å². The third-order valence-electron chi connectivity index (χ3n) is 5.24. The Bertz CT molecular complexity index is 503. The molecule has 0 bridgehead atoms. The van der Waals surface area contributed by atoms with Crippen molar-refractivity contribution in [1.29, 1.82) is 0 Å². The van der Waals surface area contributed by atoms with Crippen molar-refractivity contribution in [1.82, 2.24) is 4.57 Å². The van der Waals surface area contributed by atoms with Crippen molar-refractivity contribution in [2.45, 2.75) is 70.2 Å². The van der Waals surface area contributed by atoms with Gasteiger partial charge < -0.3 is 10.3 Å². The molecular formula is C17H28N2S. The van der Waals surface area contributed by atoms with Gasteiger partial charge in [-0.05, 0) is 62.3 Å². The summed E-state index contributed by atoms with van der Waals surface area (Å²) in [6, 6.07) is 3.30. The molecule has 3 heteroatoms. The van der Waals surface area contributed by atoms with E-state index < -0.39 is 0 Å². The van der Waals surface area contributed by atoms with Gasteiger partial charge in [0.2, 0.25) is 0 Å². The van der Waals surface area contributed by atoms with Crippen LogP contribution < -0.4 is 5.73 Å². The summed E-state index contributed by atoms with van der Waals surface area (Å²) >= 11 is 2.04. The summed E-state index contributed by atoms with van der Waals surface area (Å²) in [5.74, 6) is 0. The Labute approximate surface area is 127 Å². The second-order valence-electron chi connectivity index (χ2n) is 7.53. The molecule has 20 heavy (non-hydrogen) atoms. The van der Waals surface area contributed by atoms with E-state index in [9.17, 15) is 0 Å². The molecule has 0 amide bonds. The number of fused-ring (bicyclic) bond motifs is 1. The minimum atomic E-state index is 0.228. The average Bonchev–Trinajstić information content (AvgIpc) is 2.92. The van der Waals surface area contributed by atoms with Gasteiger partial charge in [-0.25, -0.2) is 0 Å². The second-order valence-corrected chi connectivity index (χ2v) is 8.67. The summed E-state index contributed by atoms with van der Waals surface area (Å²) in [5.41, 5.74) is 11.2. The molecule has 0 spiro atoms. The van der Waals surface area contributed by atoms with Gasteiger partial charge in [-0.15, -0.1) is 0 Å². The molecule has 1 aromatic rings. The van der Waals surface area contributed by atoms with Crippen molar-refractivity contribution in [2.75, 3.05) is 6.26 Å². The Hall–Kier alpha value is -0.410. The highest BCUT2D eigenvalue weighted by molar-refractivity contribution is 7.99. The molecule has 0 aliphatic heterocycles. The smallest absolute Gasteiger partial charge is 0.0346 e. The molecule has 1 aromatic heterocycles. The number of hydrogen-bond donors (Lipinski definition) is 1. The van der Waals surface area contributed by atoms with Crippen molar-refractivity contribution in [3.05, 3.63) is 23.0 Å². The molecule has 1 saturated carbocycles. The molecule has 2 aliphatic rings. The molecule has 3 unspecified atom stereocenters. The van der Waals surface area contributed by atoms with E-state index >= 15 is 0 Å². The van der Waals surface area contributed by atoms with Gasteiger partial charge in [-0.2, -0.15) is 11.8 Å². The maximum atomic E-state index is 6.44. The third kappa shape index (κ3) is 2.43. The maximum Gasteiger partial charge on any atom is 0.0346 e. The van der Waals surface area contributed by atoms with E-state index in [0.29, 0.717) is 11.5 Å². The summed E-state index contributed by atoms with van der Waals surface area (Å²) in [6.45, 7) is 6.99. The fourth-order valence-corrected chi connectivity index (χ4v) is 5.13. The Kier molecular flexibility index (Phi) is 3.70. The van der Waals surface area contributed by atoms with E-state index in [4.69, 9.17) is 5.73 Å². The monoisotopic (exact) mass is 292 g/mol. The van der Waals surface area contributed by atoms with E-state index in [1.54, 1.807) is 0 Å². The van der Waals surface area contributed by atoms with Crippen molar-refractivity contribution in [3.8, 4) is 0 Å². The number of aryl methyl sites for hydroxylation is 1. The van der Waals surface area contributed by atoms with Crippen LogP contribution in [0.15, 0.2) is 6.07 Å². The van der Waals surface area contributed by atoms with Crippen LogP contribution in [-0.4, -0.2) is 16.1 Å². The zero-order valence-corrected chi connectivity index (χ0v) is 14.1. The van der Waals surface area contributed by atoms with E-state index in [0.717, 1.165) is 11.7 Å². The van der Waals surface area contributed by atoms with Gasteiger partial charge in [0.25, 0.3) is 0 Å². The van der Waals surface area contributed by atoms with Crippen LogP contribution in [0.2, 0.25) is 0 Å². The number of nitrogens with two attached hydrogens (primary N) is 1. The molecule has 1 fully saturated rings. The van der Waals surface area contributed by atoms with Crippen LogP contribution in [0.25, 0.3) is 0 Å². The van der Waals surface area contributed by atoms with Crippen LogP contribution in [0.5, 0.6) is 0 Å². The first-order valence-corrected chi connectivity index (χ1v) is 9.19. The highest BCUT2D eigenvalue weighted by Gasteiger charge is 2.36. The number of rotatable bonds is 2. The van der Waals surface area contributed by atoms with Crippen LogP contribution in [-0.2, 0) is 6.42 Å². The highest BCUT2D eigenvalue weighted by Crippen LogP contribution is 2.45. The first kappa shape index (κ1) is 14.5. The number of nitrogens with zero attached hydrogens (tertiary/aromatic N) is 1. The van der Waals surface area contributed by atoms with Crippen molar-refractivity contribution < 1.29 is 0 Å². The summed E-state index contributed by atoms with van der Waals surface area (Å²) in [4.78, 5) is 0. The quantitative estimate of drug-likeness (QED) is 0.884. The van der Waals surface area contributed by atoms with Crippen molar-refractivity contribution in [2.24, 2.45) is 11.1 Å². The van der Waals surface area contributed by atoms with E-state index in [-0.39, 0.29) is 6.04 Å². The number of aromatic nitrogens is 1. The normalized spacial score (nSPS) is 32.4. The summed E-state index contributed by atoms with van der Waals surface area (Å²) in [5, 5.41) is 0.850. The Morgan fingerprint density at radius 3 is 2.75 bits per heavy atom. The van der Waals surface area contributed by atoms with Gasteiger partial charge in [0.1, 0.15) is 0 Å². The van der Waals surface area contributed by atoms with Crippen molar-refractivity contribution in [3.63, 3.8) is 0 Å². The molecule has 0 radical (unpaired) electrons. The maximum absolute atomic E-state index is 6.44. The molecule has 1 heterocycles. The Morgan fingerprint density at radius 2 is 2.10 bits per heavy atom. The standard InChI is InChI=1S/C17H28N2S/c1-11-7-14-15(18)9-17(2,3)10-16(14)19(11)12-5-6-13(8-12)20-4/h7,12-13,15H,5-6,8-10,18H2,1-4H3. The first-order valence-electron chi connectivity index (χ1n) is 7.90. The molecule has 2 N–H and O–H groups in total. The van der Waals surface area contributed by atoms with E-state index in [1.807, 2.05) is 11.8 Å². The topological polar surface area (TPSA) is 30.9 Å². The lowest BCUT2D eigenvalue weighted by Gasteiger charge is -2.35. The molecule has 0 aromatic carbocycles. The fourth-order valence-electron chi connectivity index (χ4n) is 4.34. The lowest BCUT2D eigenvalue weighted by atomic mass is 9.74. The molecule has 2 aliphatic carbocycles. The zero-order chi connectivity index (χ0) is 14.5.